The van der Waals surface area contributed by atoms with Crippen molar-refractivity contribution in [3.63, 3.8) is 0 Å². The first-order chi connectivity index (χ1) is 14.8. The molecule has 4 nitrogen and oxygen atoms in total. The number of amides is 2. The van der Waals surface area contributed by atoms with Crippen LogP contribution in [-0.4, -0.2) is 18.4 Å². The second-order valence-electron chi connectivity index (χ2n) is 9.09. The number of hydrogen-bond donors (Lipinski definition) is 1. The van der Waals surface area contributed by atoms with E-state index >= 15 is 0 Å². The smallest absolute Gasteiger partial charge is 0.232 e. The van der Waals surface area contributed by atoms with Crippen LogP contribution in [0.2, 0.25) is 0 Å². The summed E-state index contributed by atoms with van der Waals surface area (Å²) in [6.07, 6.45) is 1.15. The average Bonchev–Trinajstić information content (AvgIpc) is 3.16. The minimum atomic E-state index is -0.438. The summed E-state index contributed by atoms with van der Waals surface area (Å²) < 4.78 is 0. The number of carbonyl (C=O) groups is 2. The summed E-state index contributed by atoms with van der Waals surface area (Å²) in [6, 6.07) is 24.1. The normalized spacial score (nSPS) is 13.1. The summed E-state index contributed by atoms with van der Waals surface area (Å²) in [4.78, 5) is 27.2. The molecule has 0 aromatic heterocycles. The lowest BCUT2D eigenvalue weighted by atomic mass is 9.94. The number of fused-ring (bicyclic) bond motifs is 1. The molecule has 0 fully saturated rings. The van der Waals surface area contributed by atoms with Gasteiger partial charge < -0.3 is 10.2 Å². The van der Waals surface area contributed by atoms with E-state index in [4.69, 9.17) is 0 Å². The van der Waals surface area contributed by atoms with E-state index in [0.29, 0.717) is 13.0 Å². The van der Waals surface area contributed by atoms with Crippen molar-refractivity contribution in [1.29, 1.82) is 0 Å². The van der Waals surface area contributed by atoms with Crippen molar-refractivity contribution in [2.24, 2.45) is 5.41 Å². The molecule has 0 unspecified atom stereocenters. The zero-order valence-electron chi connectivity index (χ0n) is 18.3. The molecule has 1 aliphatic rings. The number of hydrogen-bond acceptors (Lipinski definition) is 2. The van der Waals surface area contributed by atoms with Gasteiger partial charge in [-0.1, -0.05) is 81.4 Å². The third-order valence-corrected chi connectivity index (χ3v) is 5.58. The lowest BCUT2D eigenvalue weighted by Crippen LogP contribution is -2.38. The maximum Gasteiger partial charge on any atom is 0.232 e. The molecule has 2 amide bonds. The Balaban J connectivity index is 1.43. The van der Waals surface area contributed by atoms with E-state index in [0.717, 1.165) is 40.0 Å². The lowest BCUT2D eigenvalue weighted by Gasteiger charge is -2.26. The first-order valence-corrected chi connectivity index (χ1v) is 10.7. The molecule has 0 saturated carbocycles. The fraction of sp³-hybridized carbons (Fsp3) is 0.259. The standard InChI is InChI=1S/C27H28N2O2/c1-27(2,3)26(31)29-16-15-22-13-14-23(18-24(22)29)28-25(30)17-19-9-11-21(12-10-19)20-7-5-4-6-8-20/h4-14,18H,15-17H2,1-3H3,(H,28,30). The SMILES string of the molecule is CC(C)(C)C(=O)N1CCc2ccc(NC(=O)Cc3ccc(-c4ccccc4)cc3)cc21. The maximum atomic E-state index is 12.8. The summed E-state index contributed by atoms with van der Waals surface area (Å²) in [7, 11) is 0. The van der Waals surface area contributed by atoms with E-state index < -0.39 is 5.41 Å². The molecular formula is C27H28N2O2. The van der Waals surface area contributed by atoms with Gasteiger partial charge in [0, 0.05) is 23.3 Å². The Hall–Kier alpha value is -3.40. The average molecular weight is 413 g/mol. The van der Waals surface area contributed by atoms with Crippen LogP contribution in [-0.2, 0) is 22.4 Å². The monoisotopic (exact) mass is 412 g/mol. The molecule has 0 saturated heterocycles. The molecule has 0 atom stereocenters. The van der Waals surface area contributed by atoms with Gasteiger partial charge in [-0.3, -0.25) is 9.59 Å². The molecule has 0 radical (unpaired) electrons. The largest absolute Gasteiger partial charge is 0.326 e. The molecule has 31 heavy (non-hydrogen) atoms. The van der Waals surface area contributed by atoms with Gasteiger partial charge in [0.1, 0.15) is 0 Å². The highest BCUT2D eigenvalue weighted by atomic mass is 16.2. The van der Waals surface area contributed by atoms with Crippen LogP contribution in [0.4, 0.5) is 11.4 Å². The number of anilines is 2. The third-order valence-electron chi connectivity index (χ3n) is 5.58. The van der Waals surface area contributed by atoms with E-state index in [2.05, 4.69) is 17.4 Å². The Morgan fingerprint density at radius 2 is 1.58 bits per heavy atom. The molecule has 1 N–H and O–H groups in total. The van der Waals surface area contributed by atoms with Crippen molar-refractivity contribution >= 4 is 23.2 Å². The second kappa shape index (κ2) is 8.38. The molecule has 3 aromatic rings. The van der Waals surface area contributed by atoms with E-state index in [1.165, 1.54) is 0 Å². The van der Waals surface area contributed by atoms with Gasteiger partial charge >= 0.3 is 0 Å². The van der Waals surface area contributed by atoms with E-state index in [1.54, 1.807) is 0 Å². The van der Waals surface area contributed by atoms with Gasteiger partial charge in [-0.25, -0.2) is 0 Å². The van der Waals surface area contributed by atoms with Gasteiger partial charge in [0.25, 0.3) is 0 Å². The van der Waals surface area contributed by atoms with Crippen LogP contribution >= 0.6 is 0 Å². The highest BCUT2D eigenvalue weighted by Gasteiger charge is 2.32. The van der Waals surface area contributed by atoms with Crippen LogP contribution in [0.5, 0.6) is 0 Å². The van der Waals surface area contributed by atoms with Gasteiger partial charge in [-0.15, -0.1) is 0 Å². The van der Waals surface area contributed by atoms with Gasteiger partial charge in [0.05, 0.1) is 6.42 Å². The van der Waals surface area contributed by atoms with E-state index in [9.17, 15) is 9.59 Å². The van der Waals surface area contributed by atoms with Gasteiger partial charge in [0.2, 0.25) is 11.8 Å². The quantitative estimate of drug-likeness (QED) is 0.618. The summed E-state index contributed by atoms with van der Waals surface area (Å²) in [6.45, 7) is 6.49. The number of nitrogens with zero attached hydrogens (tertiary/aromatic N) is 1. The fourth-order valence-electron chi connectivity index (χ4n) is 3.91. The van der Waals surface area contributed by atoms with Crippen LogP contribution in [0.1, 0.15) is 31.9 Å². The first kappa shape index (κ1) is 20.9. The lowest BCUT2D eigenvalue weighted by molar-refractivity contribution is -0.125. The van der Waals surface area contributed by atoms with Crippen molar-refractivity contribution < 1.29 is 9.59 Å². The van der Waals surface area contributed by atoms with Crippen LogP contribution < -0.4 is 10.2 Å². The predicted octanol–water partition coefficient (Wildman–Crippen LogP) is 5.47. The molecular weight excluding hydrogens is 384 g/mol. The summed E-state index contributed by atoms with van der Waals surface area (Å²) in [5.41, 5.74) is 5.59. The minimum Gasteiger partial charge on any atom is -0.326 e. The Morgan fingerprint density at radius 1 is 0.903 bits per heavy atom. The van der Waals surface area contributed by atoms with E-state index in [-0.39, 0.29) is 11.8 Å². The predicted molar refractivity (Wildman–Crippen MR) is 126 cm³/mol. The Bertz CT molecular complexity index is 1100. The minimum absolute atomic E-state index is 0.0703. The van der Waals surface area contributed by atoms with Crippen molar-refractivity contribution in [2.45, 2.75) is 33.6 Å². The first-order valence-electron chi connectivity index (χ1n) is 10.7. The summed E-state index contributed by atoms with van der Waals surface area (Å²) >= 11 is 0. The molecule has 4 heteroatoms. The number of nitrogens with one attached hydrogen (secondary N) is 1. The molecule has 158 valence electrons. The maximum absolute atomic E-state index is 12.8. The summed E-state index contributed by atoms with van der Waals surface area (Å²) in [5, 5.41) is 2.99. The molecule has 0 spiro atoms. The molecule has 0 bridgehead atoms. The Morgan fingerprint density at radius 3 is 2.26 bits per heavy atom. The van der Waals surface area contributed by atoms with Crippen LogP contribution in [0.3, 0.4) is 0 Å². The Kier molecular flexibility index (Phi) is 5.64. The van der Waals surface area contributed by atoms with Crippen LogP contribution in [0.15, 0.2) is 72.8 Å². The Labute approximate surface area is 183 Å². The second-order valence-corrected chi connectivity index (χ2v) is 9.09. The van der Waals surface area contributed by atoms with Gasteiger partial charge in [-0.05, 0) is 40.8 Å². The van der Waals surface area contributed by atoms with Gasteiger partial charge in [0.15, 0.2) is 0 Å². The van der Waals surface area contributed by atoms with Crippen LogP contribution in [0.25, 0.3) is 11.1 Å². The highest BCUT2D eigenvalue weighted by molar-refractivity contribution is 6.00. The molecule has 4 rings (SSSR count). The number of benzene rings is 3. The highest BCUT2D eigenvalue weighted by Crippen LogP contribution is 2.34. The van der Waals surface area contributed by atoms with Crippen molar-refractivity contribution in [1.82, 2.24) is 0 Å². The molecule has 1 aliphatic heterocycles. The number of rotatable bonds is 4. The molecule has 1 heterocycles. The van der Waals surface area contributed by atoms with Crippen molar-refractivity contribution in [3.8, 4) is 11.1 Å². The topological polar surface area (TPSA) is 49.4 Å². The zero-order chi connectivity index (χ0) is 22.0. The van der Waals surface area contributed by atoms with Crippen LogP contribution in [0, 0.1) is 5.41 Å². The third kappa shape index (κ3) is 4.69. The fourth-order valence-corrected chi connectivity index (χ4v) is 3.91. The zero-order valence-corrected chi connectivity index (χ0v) is 18.3. The van der Waals surface area contributed by atoms with Crippen molar-refractivity contribution in [2.75, 3.05) is 16.8 Å². The number of carbonyl (C=O) groups excluding carboxylic acids is 2. The summed E-state index contributed by atoms with van der Waals surface area (Å²) in [5.74, 6) is 0.0346. The van der Waals surface area contributed by atoms with Gasteiger partial charge in [-0.2, -0.15) is 0 Å². The molecule has 0 aliphatic carbocycles. The molecule has 3 aromatic carbocycles. The van der Waals surface area contributed by atoms with Crippen molar-refractivity contribution in [3.05, 3.63) is 83.9 Å². The van der Waals surface area contributed by atoms with E-state index in [1.807, 2.05) is 86.3 Å².